The summed E-state index contributed by atoms with van der Waals surface area (Å²) in [6, 6.07) is 8.04. The van der Waals surface area contributed by atoms with Crippen LogP contribution < -0.4 is 4.74 Å². The zero-order chi connectivity index (χ0) is 25.2. The maximum atomic E-state index is 14.6. The van der Waals surface area contributed by atoms with Crippen LogP contribution in [0.5, 0.6) is 11.5 Å². The summed E-state index contributed by atoms with van der Waals surface area (Å²) in [6.07, 6.45) is 4.72. The molecule has 1 aromatic heterocycles. The van der Waals surface area contributed by atoms with E-state index in [1.165, 1.54) is 19.2 Å². The fraction of sp³-hybridized carbons (Fsp3) is 0.414. The molecule has 7 heteroatoms. The number of ether oxygens (including phenoxy) is 1. The number of halogens is 1. The molecule has 1 aliphatic carbocycles. The van der Waals surface area contributed by atoms with Crippen molar-refractivity contribution in [3.8, 4) is 11.5 Å². The van der Waals surface area contributed by atoms with E-state index in [2.05, 4.69) is 16.0 Å². The predicted octanol–water partition coefficient (Wildman–Crippen LogP) is 4.03. The summed E-state index contributed by atoms with van der Waals surface area (Å²) in [5, 5.41) is 23.6. The van der Waals surface area contributed by atoms with Crippen LogP contribution in [0, 0.1) is 11.7 Å². The van der Waals surface area contributed by atoms with Crippen LogP contribution in [0.2, 0.25) is 0 Å². The predicted molar refractivity (Wildman–Crippen MR) is 135 cm³/mol. The van der Waals surface area contributed by atoms with Crippen LogP contribution in [0.15, 0.2) is 43.0 Å². The molecular formula is C29H31FN2O4. The first-order valence-corrected chi connectivity index (χ1v) is 12.6. The van der Waals surface area contributed by atoms with Gasteiger partial charge in [-0.3, -0.25) is 9.69 Å². The molecule has 3 atom stereocenters. The van der Waals surface area contributed by atoms with Crippen LogP contribution in [0.4, 0.5) is 4.39 Å². The van der Waals surface area contributed by atoms with Crippen molar-refractivity contribution in [2.45, 2.75) is 50.3 Å². The lowest BCUT2D eigenvalue weighted by molar-refractivity contribution is -0.123. The van der Waals surface area contributed by atoms with E-state index in [0.29, 0.717) is 50.1 Å². The van der Waals surface area contributed by atoms with Gasteiger partial charge in [0.05, 0.1) is 18.2 Å². The Hall–Kier alpha value is -3.16. The number of ketones is 1. The van der Waals surface area contributed by atoms with Gasteiger partial charge in [0.1, 0.15) is 5.82 Å². The van der Waals surface area contributed by atoms with Gasteiger partial charge in [0.2, 0.25) is 0 Å². The van der Waals surface area contributed by atoms with Crippen LogP contribution >= 0.6 is 0 Å². The molecule has 3 aromatic rings. The molecule has 2 aliphatic heterocycles. The molecule has 6 rings (SSSR count). The first-order valence-electron chi connectivity index (χ1n) is 12.6. The highest BCUT2D eigenvalue weighted by Gasteiger charge is 2.52. The van der Waals surface area contributed by atoms with Gasteiger partial charge in [-0.2, -0.15) is 0 Å². The van der Waals surface area contributed by atoms with Crippen LogP contribution in [0.1, 0.15) is 40.0 Å². The second kappa shape index (κ2) is 8.46. The number of aliphatic hydroxyl groups is 1. The van der Waals surface area contributed by atoms with Crippen molar-refractivity contribution in [2.24, 2.45) is 5.92 Å². The van der Waals surface area contributed by atoms with Gasteiger partial charge in [0.25, 0.3) is 0 Å². The van der Waals surface area contributed by atoms with Gasteiger partial charge < -0.3 is 19.5 Å². The molecule has 6 nitrogen and oxygen atoms in total. The number of hydrogen-bond donors (Lipinski definition) is 2. The molecule has 1 saturated heterocycles. The Balaban J connectivity index is 1.45. The van der Waals surface area contributed by atoms with Crippen LogP contribution in [0.25, 0.3) is 10.9 Å². The monoisotopic (exact) mass is 490 g/mol. The lowest BCUT2D eigenvalue weighted by Crippen LogP contribution is -2.65. The van der Waals surface area contributed by atoms with Crippen molar-refractivity contribution < 1.29 is 24.1 Å². The van der Waals surface area contributed by atoms with E-state index in [0.717, 1.165) is 40.7 Å². The molecule has 2 aromatic carbocycles. The number of methoxy groups -OCH3 is 1. The van der Waals surface area contributed by atoms with Crippen molar-refractivity contribution in [1.29, 1.82) is 0 Å². The fourth-order valence-corrected chi connectivity index (χ4v) is 6.96. The molecule has 36 heavy (non-hydrogen) atoms. The molecule has 188 valence electrons. The van der Waals surface area contributed by atoms with E-state index >= 15 is 0 Å². The van der Waals surface area contributed by atoms with Crippen molar-refractivity contribution in [2.75, 3.05) is 20.2 Å². The molecule has 0 spiro atoms. The van der Waals surface area contributed by atoms with Crippen molar-refractivity contribution >= 4 is 16.7 Å². The Bertz CT molecular complexity index is 1400. The fourth-order valence-electron chi connectivity index (χ4n) is 6.96. The lowest BCUT2D eigenvalue weighted by atomic mass is 9.65. The average molecular weight is 491 g/mol. The Morgan fingerprint density at radius 3 is 2.86 bits per heavy atom. The summed E-state index contributed by atoms with van der Waals surface area (Å²) < 4.78 is 22.0. The number of phenolic OH excluding ortho intramolecular Hbond substituents is 1. The quantitative estimate of drug-likeness (QED) is 0.529. The van der Waals surface area contributed by atoms with Gasteiger partial charge in [-0.15, -0.1) is 6.58 Å². The van der Waals surface area contributed by atoms with E-state index in [9.17, 15) is 19.4 Å². The summed E-state index contributed by atoms with van der Waals surface area (Å²) >= 11 is 0. The van der Waals surface area contributed by atoms with E-state index in [-0.39, 0.29) is 23.5 Å². The number of aryl methyl sites for hydroxylation is 1. The largest absolute Gasteiger partial charge is 0.504 e. The number of carbonyl (C=O) groups is 1. The zero-order valence-corrected chi connectivity index (χ0v) is 20.5. The molecular weight excluding hydrogens is 459 g/mol. The minimum absolute atomic E-state index is 0.0210. The van der Waals surface area contributed by atoms with Crippen LogP contribution in [-0.4, -0.2) is 57.3 Å². The molecule has 0 amide bonds. The van der Waals surface area contributed by atoms with E-state index in [1.54, 1.807) is 12.1 Å². The minimum atomic E-state index is -1.05. The second-order valence-corrected chi connectivity index (χ2v) is 10.5. The van der Waals surface area contributed by atoms with Gasteiger partial charge in [-0.25, -0.2) is 4.39 Å². The third-order valence-corrected chi connectivity index (χ3v) is 8.63. The number of carbonyl (C=O) groups excluding carboxylic acids is 1. The number of rotatable bonds is 5. The summed E-state index contributed by atoms with van der Waals surface area (Å²) in [4.78, 5) is 14.9. The van der Waals surface area contributed by atoms with Crippen molar-refractivity contribution in [1.82, 2.24) is 9.47 Å². The number of hydrogen-bond acceptors (Lipinski definition) is 5. The summed E-state index contributed by atoms with van der Waals surface area (Å²) in [6.45, 7) is 6.01. The number of Topliss-reactive ketones (excluding diaryl/α,β-unsaturated/α-hetero) is 1. The molecule has 0 saturated carbocycles. The standard InChI is InChI=1S/C29H31FN2O4/c1-3-8-31-9-6-18-13-23-22(20-14-19(30)15-21-24(33)7-10-32(23)28(20)21)16-29(18,35)27(31)12-17-4-5-26(36-2)25(34)11-17/h3-5,11,14-15,18,27,34-35H,1,6-10,12-13,16H2,2H3. The number of aromatic hydroxyl groups is 1. The Labute approximate surface area is 209 Å². The zero-order valence-electron chi connectivity index (χ0n) is 20.5. The highest BCUT2D eigenvalue weighted by atomic mass is 19.1. The van der Waals surface area contributed by atoms with Gasteiger partial charge in [-0.05, 0) is 67.1 Å². The molecule has 3 heterocycles. The summed E-state index contributed by atoms with van der Waals surface area (Å²) in [5.41, 5.74) is 3.23. The van der Waals surface area contributed by atoms with Gasteiger partial charge in [-0.1, -0.05) is 12.1 Å². The first-order chi connectivity index (χ1) is 17.3. The lowest BCUT2D eigenvalue weighted by Gasteiger charge is -2.53. The normalized spacial score (nSPS) is 25.5. The Kier molecular flexibility index (Phi) is 5.46. The van der Waals surface area contributed by atoms with E-state index in [1.807, 2.05) is 12.1 Å². The number of phenols is 1. The second-order valence-electron chi connectivity index (χ2n) is 10.5. The SMILES string of the molecule is C=CCN1CCC2Cc3c(c4cc(F)cc5c4n3CCC5=O)CC2(O)C1Cc1ccc(OC)c(O)c1. The number of benzene rings is 2. The van der Waals surface area contributed by atoms with Crippen molar-refractivity contribution in [3.05, 3.63) is 71.2 Å². The van der Waals surface area contributed by atoms with Gasteiger partial charge >= 0.3 is 0 Å². The van der Waals surface area contributed by atoms with Crippen LogP contribution in [-0.2, 0) is 25.8 Å². The molecule has 0 bridgehead atoms. The van der Waals surface area contributed by atoms with Gasteiger partial charge in [0, 0.05) is 48.6 Å². The number of aromatic nitrogens is 1. The minimum Gasteiger partial charge on any atom is -0.504 e. The number of likely N-dealkylation sites (tertiary alicyclic amines) is 1. The third-order valence-electron chi connectivity index (χ3n) is 8.63. The topological polar surface area (TPSA) is 74.9 Å². The molecule has 3 aliphatic rings. The Morgan fingerprint density at radius 1 is 1.28 bits per heavy atom. The number of nitrogens with zero attached hydrogens (tertiary/aromatic N) is 2. The van der Waals surface area contributed by atoms with E-state index < -0.39 is 11.4 Å². The molecule has 0 radical (unpaired) electrons. The molecule has 2 N–H and O–H groups in total. The highest BCUT2D eigenvalue weighted by Crippen LogP contribution is 2.47. The smallest absolute Gasteiger partial charge is 0.166 e. The number of fused-ring (bicyclic) bond motifs is 4. The van der Waals surface area contributed by atoms with Crippen molar-refractivity contribution in [3.63, 3.8) is 0 Å². The van der Waals surface area contributed by atoms with Gasteiger partial charge in [0.15, 0.2) is 17.3 Å². The Morgan fingerprint density at radius 2 is 2.11 bits per heavy atom. The maximum Gasteiger partial charge on any atom is 0.166 e. The highest BCUT2D eigenvalue weighted by molar-refractivity contribution is 6.09. The van der Waals surface area contributed by atoms with E-state index in [4.69, 9.17) is 4.74 Å². The molecule has 1 fully saturated rings. The number of piperidine rings is 1. The third kappa shape index (κ3) is 3.40. The average Bonchev–Trinajstić information content (AvgIpc) is 3.14. The maximum absolute atomic E-state index is 14.6. The first kappa shape index (κ1) is 23.3. The summed E-state index contributed by atoms with van der Waals surface area (Å²) in [5.74, 6) is 0.0883. The summed E-state index contributed by atoms with van der Waals surface area (Å²) in [7, 11) is 1.52. The molecule has 3 unspecified atom stereocenters. The van der Waals surface area contributed by atoms with Crippen LogP contribution in [0.3, 0.4) is 0 Å².